The predicted octanol–water partition coefficient (Wildman–Crippen LogP) is 5.49. The van der Waals surface area contributed by atoms with Crippen LogP contribution in [0, 0.1) is 16.7 Å². The summed E-state index contributed by atoms with van der Waals surface area (Å²) in [7, 11) is -3.93. The summed E-state index contributed by atoms with van der Waals surface area (Å²) in [5.74, 6) is -2.69. The highest BCUT2D eigenvalue weighted by atomic mass is 32.2. The molecule has 1 saturated carbocycles. The molecule has 56 heavy (non-hydrogen) atoms. The molecule has 3 aromatic rings. The van der Waals surface area contributed by atoms with E-state index < -0.39 is 80.1 Å². The van der Waals surface area contributed by atoms with Crippen molar-refractivity contribution in [3.8, 4) is 17.1 Å². The molecule has 6 rings (SSSR count). The van der Waals surface area contributed by atoms with Gasteiger partial charge >= 0.3 is 6.09 Å². The first kappa shape index (κ1) is 40.4. The van der Waals surface area contributed by atoms with Crippen LogP contribution in [0.3, 0.4) is 0 Å². The van der Waals surface area contributed by atoms with E-state index in [0.717, 1.165) is 11.1 Å². The van der Waals surface area contributed by atoms with Crippen LogP contribution in [0.2, 0.25) is 0 Å². The Labute approximate surface area is 332 Å². The Balaban J connectivity index is 0.00000310. The molecule has 3 aliphatic rings. The van der Waals surface area contributed by atoms with Gasteiger partial charge in [0.05, 0.1) is 22.8 Å². The van der Waals surface area contributed by atoms with Crippen molar-refractivity contribution in [2.45, 2.75) is 90.3 Å². The summed E-state index contributed by atoms with van der Waals surface area (Å²) < 4.78 is 39.8. The number of rotatable bonds is 7. The molecule has 3 heterocycles. The lowest BCUT2D eigenvalue weighted by Gasteiger charge is -2.35. The Bertz CT molecular complexity index is 2190. The second-order valence-electron chi connectivity index (χ2n) is 16.6. The van der Waals surface area contributed by atoms with Gasteiger partial charge in [0.15, 0.2) is 0 Å². The molecule has 1 aromatic heterocycles. The molecule has 2 aromatic carbocycles. The number of nitrogens with zero attached hydrogens (tertiary/aromatic N) is 3. The summed E-state index contributed by atoms with van der Waals surface area (Å²) in [6.45, 7) is 14.5. The van der Waals surface area contributed by atoms with Crippen LogP contribution in [-0.4, -0.2) is 89.7 Å². The maximum atomic E-state index is 14.7. The number of ether oxygens (including phenoxy) is 2. The van der Waals surface area contributed by atoms with Gasteiger partial charge < -0.3 is 25.0 Å². The summed E-state index contributed by atoms with van der Waals surface area (Å²) in [6.07, 6.45) is 4.57. The molecule has 5 atom stereocenters. The van der Waals surface area contributed by atoms with Crippen molar-refractivity contribution in [3.05, 3.63) is 72.8 Å². The number of para-hydroxylation sites is 2. The Morgan fingerprint density at radius 3 is 2.45 bits per heavy atom. The smallest absolute Gasteiger partial charge is 0.407 e. The number of hydrogen-bond acceptors (Lipinski definition) is 10. The molecule has 14 nitrogen and oxygen atoms in total. The summed E-state index contributed by atoms with van der Waals surface area (Å²) in [5, 5.41) is 4.79. The van der Waals surface area contributed by atoms with E-state index in [-0.39, 0.29) is 29.7 Å². The normalized spacial score (nSPS) is 23.2. The molecule has 1 saturated heterocycles. The molecule has 0 spiro atoms. The largest absolute Gasteiger partial charge is 0.471 e. The first-order chi connectivity index (χ1) is 26.3. The third-order valence-corrected chi connectivity index (χ3v) is 12.0. The highest BCUT2D eigenvalue weighted by Gasteiger charge is 2.47. The minimum atomic E-state index is -3.93. The van der Waals surface area contributed by atoms with Gasteiger partial charge in [0.25, 0.3) is 5.91 Å². The van der Waals surface area contributed by atoms with Gasteiger partial charge in [0, 0.05) is 27.6 Å². The van der Waals surface area contributed by atoms with Crippen LogP contribution in [0.15, 0.2) is 67.3 Å². The number of alkyl carbamates (subject to hydrolysis) is 1. The van der Waals surface area contributed by atoms with Gasteiger partial charge in [0.2, 0.25) is 27.7 Å². The van der Waals surface area contributed by atoms with Gasteiger partial charge in [-0.1, -0.05) is 90.1 Å². The minimum Gasteiger partial charge on any atom is -0.471 e. The number of amides is 4. The number of carbonyl (C=O) groups excluding carboxylic acids is 4. The summed E-state index contributed by atoms with van der Waals surface area (Å²) in [6, 6.07) is 11.4. The predicted molar refractivity (Wildman–Crippen MR) is 218 cm³/mol. The molecule has 304 valence electrons. The fourth-order valence-corrected chi connectivity index (χ4v) is 7.99. The van der Waals surface area contributed by atoms with E-state index in [1.165, 1.54) is 11.0 Å². The van der Waals surface area contributed by atoms with E-state index in [1.54, 1.807) is 27.7 Å². The van der Waals surface area contributed by atoms with Crippen LogP contribution in [0.1, 0.15) is 70.6 Å². The van der Waals surface area contributed by atoms with Crippen LogP contribution in [-0.2, 0) is 29.1 Å². The third-order valence-electron chi connectivity index (χ3n) is 10.2. The molecule has 1 unspecified atom stereocenters. The van der Waals surface area contributed by atoms with Crippen LogP contribution in [0.5, 0.6) is 5.88 Å². The number of fused-ring (bicyclic) bond motifs is 7. The topological polar surface area (TPSA) is 186 Å². The summed E-state index contributed by atoms with van der Waals surface area (Å²) in [4.78, 5) is 66.9. The standard InChI is InChI=1S/C41H50N6O8S.3H2/c1-8-24(2)32(36(49)46-56(52,53)28-16-17-28)44-35(48)31-21-27-22-47(31)38(50)34(40(3,4)5)45-39(51)54-23-41(6,7)19-18-25-12-11-13-26(20-25)33-37(55-27)43-30-15-10-9-14-29(30)42-33;;;/h8-15,18-20,24,27-28,31-32,34H,1,16-17,21-23H2,2-7H3,(H,44,48)(H,45,51)(H,46,49);3*1H/b19-18+;;;/t24-,27+,31-,32?,34+;;;/m0.../s1. The molecule has 1 aliphatic carbocycles. The van der Waals surface area contributed by atoms with Crippen molar-refractivity contribution in [1.29, 1.82) is 0 Å². The van der Waals surface area contributed by atoms with Crippen LogP contribution in [0.4, 0.5) is 4.79 Å². The van der Waals surface area contributed by atoms with Gasteiger partial charge in [-0.05, 0) is 42.0 Å². The Kier molecular flexibility index (Phi) is 11.3. The van der Waals surface area contributed by atoms with Gasteiger partial charge in [-0.2, -0.15) is 0 Å². The highest BCUT2D eigenvalue weighted by molar-refractivity contribution is 7.90. The van der Waals surface area contributed by atoms with E-state index in [4.69, 9.17) is 19.4 Å². The van der Waals surface area contributed by atoms with E-state index in [9.17, 15) is 27.6 Å². The van der Waals surface area contributed by atoms with Crippen molar-refractivity contribution in [2.75, 3.05) is 13.2 Å². The lowest BCUT2D eigenvalue weighted by atomic mass is 9.85. The molecular formula is C41H56N6O8S. The Morgan fingerprint density at radius 1 is 1.09 bits per heavy atom. The van der Waals surface area contributed by atoms with Crippen LogP contribution in [0.25, 0.3) is 28.4 Å². The second-order valence-corrected chi connectivity index (χ2v) is 18.6. The lowest BCUT2D eigenvalue weighted by molar-refractivity contribution is -0.142. The van der Waals surface area contributed by atoms with Gasteiger partial charge in [0.1, 0.15) is 36.5 Å². The van der Waals surface area contributed by atoms with Crippen molar-refractivity contribution in [2.24, 2.45) is 16.7 Å². The number of aromatic nitrogens is 2. The highest BCUT2D eigenvalue weighted by Crippen LogP contribution is 2.34. The quantitative estimate of drug-likeness (QED) is 0.258. The van der Waals surface area contributed by atoms with Crippen molar-refractivity contribution in [1.82, 2.24) is 30.2 Å². The van der Waals surface area contributed by atoms with Crippen molar-refractivity contribution >= 4 is 50.9 Å². The Hall–Kier alpha value is -5.31. The monoisotopic (exact) mass is 792 g/mol. The number of cyclic esters (lactones) is 1. The fourth-order valence-electron chi connectivity index (χ4n) is 6.66. The molecule has 15 heteroatoms. The number of carbonyl (C=O) groups is 4. The van der Waals surface area contributed by atoms with Crippen molar-refractivity contribution < 1.29 is 41.3 Å². The van der Waals surface area contributed by atoms with E-state index >= 15 is 0 Å². The second kappa shape index (κ2) is 15.7. The Morgan fingerprint density at radius 2 is 1.79 bits per heavy atom. The zero-order valence-electron chi connectivity index (χ0n) is 32.6. The maximum Gasteiger partial charge on any atom is 0.407 e. The van der Waals surface area contributed by atoms with E-state index in [2.05, 4.69) is 21.9 Å². The summed E-state index contributed by atoms with van der Waals surface area (Å²) in [5.41, 5.74) is 1.83. The molecule has 2 fully saturated rings. The summed E-state index contributed by atoms with van der Waals surface area (Å²) >= 11 is 0. The van der Waals surface area contributed by atoms with Gasteiger partial charge in [-0.25, -0.2) is 23.2 Å². The molecule has 4 bridgehead atoms. The SMILES string of the molecule is C=C[C@H](C)C(NC(=O)[C@@H]1C[C@@H]2CN1C(=O)[C@H](C(C)(C)C)NC(=O)OCC(C)(C)/C=C/c1cccc(c1)-c1nc3ccccc3nc1O2)C(=O)NS(=O)(=O)C1CC1.[HH].[HH].[HH]. The number of sulfonamides is 1. The van der Waals surface area contributed by atoms with E-state index in [0.29, 0.717) is 29.6 Å². The first-order valence-electron chi connectivity index (χ1n) is 18.8. The maximum absolute atomic E-state index is 14.7. The van der Waals surface area contributed by atoms with Crippen LogP contribution < -0.4 is 20.1 Å². The minimum absolute atomic E-state index is 0. The third kappa shape index (κ3) is 9.20. The molecular weight excluding hydrogens is 737 g/mol. The lowest BCUT2D eigenvalue weighted by Crippen LogP contribution is -2.60. The molecule has 4 amide bonds. The van der Waals surface area contributed by atoms with Gasteiger partial charge in [-0.15, -0.1) is 6.58 Å². The zero-order chi connectivity index (χ0) is 40.6. The molecule has 2 aliphatic heterocycles. The molecule has 0 radical (unpaired) electrons. The van der Waals surface area contributed by atoms with Gasteiger partial charge in [-0.3, -0.25) is 19.1 Å². The first-order valence-corrected chi connectivity index (χ1v) is 20.3. The van der Waals surface area contributed by atoms with E-state index in [1.807, 2.05) is 74.5 Å². The average Bonchev–Trinajstić information content (AvgIpc) is 3.94. The fraction of sp³-hybridized carbons (Fsp3) is 0.463. The number of benzene rings is 2. The number of hydrogen-bond donors (Lipinski definition) is 3. The zero-order valence-corrected chi connectivity index (χ0v) is 33.4. The number of nitrogens with one attached hydrogen (secondary N) is 3. The van der Waals surface area contributed by atoms with Crippen LogP contribution >= 0.6 is 0 Å². The molecule has 3 N–H and O–H groups in total. The van der Waals surface area contributed by atoms with Crippen molar-refractivity contribution in [3.63, 3.8) is 0 Å². The average molecular weight is 793 g/mol.